The maximum absolute atomic E-state index is 13.7. The van der Waals surface area contributed by atoms with Crippen LogP contribution in [0.5, 0.6) is 5.75 Å². The molecule has 34 heavy (non-hydrogen) atoms. The summed E-state index contributed by atoms with van der Waals surface area (Å²) in [6, 6.07) is 2.86. The molecule has 192 valence electrons. The maximum Gasteiger partial charge on any atom is 0.408 e. The number of nitrogens with one attached hydrogen (secondary N) is 2. The number of thiol groups is 1. The molecule has 0 aromatic heterocycles. The van der Waals surface area contributed by atoms with Gasteiger partial charge in [-0.1, -0.05) is 38.0 Å². The quantitative estimate of drug-likeness (QED) is 0.273. The highest BCUT2D eigenvalue weighted by Crippen LogP contribution is 2.32. The lowest BCUT2D eigenvalue weighted by Crippen LogP contribution is -2.54. The smallest absolute Gasteiger partial charge is 0.408 e. The van der Waals surface area contributed by atoms with E-state index in [-0.39, 0.29) is 24.1 Å². The zero-order valence-electron chi connectivity index (χ0n) is 21.5. The molecule has 1 aromatic carbocycles. The van der Waals surface area contributed by atoms with Crippen molar-refractivity contribution in [2.24, 2.45) is 0 Å². The first kappa shape index (κ1) is 29.6. The Morgan fingerprint density at radius 3 is 2.32 bits per heavy atom. The number of aromatic hydroxyl groups is 1. The van der Waals surface area contributed by atoms with Crippen molar-refractivity contribution < 1.29 is 24.2 Å². The highest BCUT2D eigenvalue weighted by Gasteiger charge is 2.37. The number of phenolic OH excluding ortho intramolecular Hbond substituents is 1. The SMILES string of the molecule is CCCCCN(C(=O)C(CS)NC(=O)OC(C)(C)C)C(C(=O)NC(C)C)c1cccc(C)c1O. The molecule has 0 saturated carbocycles. The third-order valence-corrected chi connectivity index (χ3v) is 5.38. The Hall–Kier alpha value is -2.42. The number of hydrogen-bond acceptors (Lipinski definition) is 6. The molecule has 1 rings (SSSR count). The fourth-order valence-electron chi connectivity index (χ4n) is 3.45. The first-order valence-corrected chi connectivity index (χ1v) is 12.4. The van der Waals surface area contributed by atoms with Crippen LogP contribution in [-0.4, -0.2) is 57.9 Å². The summed E-state index contributed by atoms with van der Waals surface area (Å²) in [4.78, 5) is 40.9. The fourth-order valence-corrected chi connectivity index (χ4v) is 3.70. The van der Waals surface area contributed by atoms with E-state index in [1.54, 1.807) is 45.9 Å². The number of carbonyl (C=O) groups excluding carboxylic acids is 3. The van der Waals surface area contributed by atoms with E-state index in [9.17, 15) is 19.5 Å². The van der Waals surface area contributed by atoms with Crippen molar-refractivity contribution in [3.05, 3.63) is 29.3 Å². The number of amides is 3. The van der Waals surface area contributed by atoms with Crippen LogP contribution < -0.4 is 10.6 Å². The number of ether oxygens (including phenoxy) is 1. The Balaban J connectivity index is 3.45. The molecule has 0 radical (unpaired) electrons. The minimum atomic E-state index is -1.07. The zero-order valence-corrected chi connectivity index (χ0v) is 22.4. The first-order valence-electron chi connectivity index (χ1n) is 11.8. The van der Waals surface area contributed by atoms with Gasteiger partial charge in [0.05, 0.1) is 0 Å². The molecule has 0 fully saturated rings. The number of aryl methyl sites for hydroxylation is 1. The molecule has 9 heteroatoms. The molecule has 3 amide bonds. The number of hydrogen-bond donors (Lipinski definition) is 4. The van der Waals surface area contributed by atoms with Gasteiger partial charge in [-0.3, -0.25) is 9.59 Å². The van der Waals surface area contributed by atoms with Gasteiger partial charge in [0, 0.05) is 23.9 Å². The topological polar surface area (TPSA) is 108 Å². The molecule has 0 aliphatic rings. The van der Waals surface area contributed by atoms with Crippen molar-refractivity contribution in [3.8, 4) is 5.75 Å². The molecule has 0 bridgehead atoms. The third-order valence-electron chi connectivity index (χ3n) is 5.01. The summed E-state index contributed by atoms with van der Waals surface area (Å²) in [6.07, 6.45) is 1.70. The molecule has 3 N–H and O–H groups in total. The number of rotatable bonds is 11. The monoisotopic (exact) mass is 495 g/mol. The lowest BCUT2D eigenvalue weighted by Gasteiger charge is -2.35. The molecule has 1 aromatic rings. The molecule has 0 saturated heterocycles. The van der Waals surface area contributed by atoms with Crippen LogP contribution in [0.15, 0.2) is 18.2 Å². The lowest BCUT2D eigenvalue weighted by atomic mass is 9.98. The fraction of sp³-hybridized carbons (Fsp3) is 0.640. The van der Waals surface area contributed by atoms with E-state index in [1.165, 1.54) is 4.90 Å². The third kappa shape index (κ3) is 9.08. The van der Waals surface area contributed by atoms with Gasteiger partial charge in [-0.2, -0.15) is 12.6 Å². The average molecular weight is 496 g/mol. The second-order valence-corrected chi connectivity index (χ2v) is 10.1. The van der Waals surface area contributed by atoms with Crippen molar-refractivity contribution in [1.82, 2.24) is 15.5 Å². The number of para-hydroxylation sites is 1. The minimum Gasteiger partial charge on any atom is -0.507 e. The number of nitrogens with zero attached hydrogens (tertiary/aromatic N) is 1. The van der Waals surface area contributed by atoms with Gasteiger partial charge >= 0.3 is 6.09 Å². The van der Waals surface area contributed by atoms with E-state index in [0.29, 0.717) is 17.5 Å². The molecule has 0 heterocycles. The Labute approximate surface area is 209 Å². The van der Waals surface area contributed by atoms with E-state index in [4.69, 9.17) is 4.74 Å². The van der Waals surface area contributed by atoms with Gasteiger partial charge in [0.25, 0.3) is 0 Å². The van der Waals surface area contributed by atoms with Gasteiger partial charge in [0.15, 0.2) is 0 Å². The first-order chi connectivity index (χ1) is 15.8. The van der Waals surface area contributed by atoms with Crippen molar-refractivity contribution in [2.45, 2.75) is 91.5 Å². The molecular formula is C25H41N3O5S. The van der Waals surface area contributed by atoms with E-state index in [1.807, 2.05) is 20.8 Å². The summed E-state index contributed by atoms with van der Waals surface area (Å²) in [6.45, 7) is 12.9. The van der Waals surface area contributed by atoms with Crippen molar-refractivity contribution in [3.63, 3.8) is 0 Å². The van der Waals surface area contributed by atoms with Gasteiger partial charge in [0.2, 0.25) is 11.8 Å². The molecule has 8 nitrogen and oxygen atoms in total. The van der Waals surface area contributed by atoms with E-state index >= 15 is 0 Å². The Morgan fingerprint density at radius 1 is 1.15 bits per heavy atom. The minimum absolute atomic E-state index is 0.0146. The van der Waals surface area contributed by atoms with Crippen LogP contribution in [0.25, 0.3) is 0 Å². The van der Waals surface area contributed by atoms with Gasteiger partial charge in [-0.15, -0.1) is 0 Å². The average Bonchev–Trinajstić information content (AvgIpc) is 2.71. The van der Waals surface area contributed by atoms with Gasteiger partial charge in [0.1, 0.15) is 23.4 Å². The number of benzene rings is 1. The van der Waals surface area contributed by atoms with Crippen LogP contribution in [0, 0.1) is 6.92 Å². The highest BCUT2D eigenvalue weighted by molar-refractivity contribution is 7.80. The van der Waals surface area contributed by atoms with Crippen LogP contribution in [-0.2, 0) is 14.3 Å². The van der Waals surface area contributed by atoms with Crippen LogP contribution in [0.3, 0.4) is 0 Å². The Morgan fingerprint density at radius 2 is 1.79 bits per heavy atom. The van der Waals surface area contributed by atoms with E-state index in [2.05, 4.69) is 23.3 Å². The van der Waals surface area contributed by atoms with Crippen LogP contribution in [0.1, 0.15) is 78.0 Å². The lowest BCUT2D eigenvalue weighted by molar-refractivity contribution is -0.142. The van der Waals surface area contributed by atoms with Crippen LogP contribution in [0.4, 0.5) is 4.79 Å². The maximum atomic E-state index is 13.7. The van der Waals surface area contributed by atoms with Crippen LogP contribution in [0.2, 0.25) is 0 Å². The summed E-state index contributed by atoms with van der Waals surface area (Å²) in [5.74, 6) is -0.902. The second-order valence-electron chi connectivity index (χ2n) is 9.70. The summed E-state index contributed by atoms with van der Waals surface area (Å²) >= 11 is 4.28. The predicted molar refractivity (Wildman–Crippen MR) is 137 cm³/mol. The molecule has 0 aliphatic heterocycles. The van der Waals surface area contributed by atoms with Gasteiger partial charge < -0.3 is 25.4 Å². The van der Waals surface area contributed by atoms with Gasteiger partial charge in [-0.05, 0) is 53.5 Å². The largest absolute Gasteiger partial charge is 0.507 e. The molecule has 0 aliphatic carbocycles. The van der Waals surface area contributed by atoms with Crippen molar-refractivity contribution in [1.29, 1.82) is 0 Å². The summed E-state index contributed by atoms with van der Waals surface area (Å²) in [5, 5.41) is 16.2. The summed E-state index contributed by atoms with van der Waals surface area (Å²) in [5.41, 5.74) is 0.193. The van der Waals surface area contributed by atoms with E-state index < -0.39 is 35.6 Å². The number of carbonyl (C=O) groups is 3. The standard InChI is InChI=1S/C25H41N3O5S/c1-8-9-10-14-28(23(31)19(15-34)27-24(32)33-25(5,6)7)20(22(30)26-16(2)3)18-13-11-12-17(4)21(18)29/h11-13,16,19-20,29,34H,8-10,14-15H2,1-7H3,(H,26,30)(H,27,32). The molecule has 2 atom stereocenters. The number of unbranched alkanes of at least 4 members (excludes halogenated alkanes) is 2. The Bertz CT molecular complexity index is 838. The number of alkyl carbamates (subject to hydrolysis) is 1. The van der Waals surface area contributed by atoms with Crippen LogP contribution >= 0.6 is 12.6 Å². The normalized spacial score (nSPS) is 13.2. The van der Waals surface area contributed by atoms with Gasteiger partial charge in [-0.25, -0.2) is 4.79 Å². The summed E-state index contributed by atoms with van der Waals surface area (Å²) < 4.78 is 5.30. The molecule has 0 spiro atoms. The van der Waals surface area contributed by atoms with Crippen molar-refractivity contribution in [2.75, 3.05) is 12.3 Å². The Kier molecular flexibility index (Phi) is 11.7. The summed E-state index contributed by atoms with van der Waals surface area (Å²) in [7, 11) is 0. The number of phenols is 1. The van der Waals surface area contributed by atoms with Crippen molar-refractivity contribution >= 4 is 30.5 Å². The molecular weight excluding hydrogens is 454 g/mol. The molecule has 2 unspecified atom stereocenters. The van der Waals surface area contributed by atoms with E-state index in [0.717, 1.165) is 12.8 Å². The predicted octanol–water partition coefficient (Wildman–Crippen LogP) is 4.11. The zero-order chi connectivity index (χ0) is 26.1. The second kappa shape index (κ2) is 13.5. The highest BCUT2D eigenvalue weighted by atomic mass is 32.1.